The van der Waals surface area contributed by atoms with Crippen LogP contribution in [0.1, 0.15) is 35.9 Å². The zero-order valence-electron chi connectivity index (χ0n) is 11.6. The van der Waals surface area contributed by atoms with Crippen molar-refractivity contribution in [3.8, 4) is 0 Å². The molecule has 3 rings (SSSR count). The highest BCUT2D eigenvalue weighted by atomic mass is 32.1. The number of hydrogen-bond acceptors (Lipinski definition) is 4. The minimum Gasteiger partial charge on any atom is -0.397 e. The van der Waals surface area contributed by atoms with Gasteiger partial charge in [-0.15, -0.1) is 11.3 Å². The second kappa shape index (κ2) is 5.40. The van der Waals surface area contributed by atoms with Crippen molar-refractivity contribution in [1.29, 1.82) is 0 Å². The quantitative estimate of drug-likeness (QED) is 0.912. The highest BCUT2D eigenvalue weighted by Gasteiger charge is 2.23. The fourth-order valence-corrected chi connectivity index (χ4v) is 3.97. The van der Waals surface area contributed by atoms with E-state index in [1.165, 1.54) is 30.6 Å². The first-order valence-corrected chi connectivity index (χ1v) is 7.87. The topological polar surface area (TPSA) is 68.0 Å². The average Bonchev–Trinajstić information content (AvgIpc) is 3.01. The number of anilines is 1. The SMILES string of the molecule is CC1CCC(CNC(=O)c2sc3cnccc3c2N)C1. The maximum atomic E-state index is 12.3. The molecule has 0 aromatic carbocycles. The minimum atomic E-state index is -0.0525. The Kier molecular flexibility index (Phi) is 3.61. The Morgan fingerprint density at radius 2 is 2.40 bits per heavy atom. The molecule has 0 saturated heterocycles. The van der Waals surface area contributed by atoms with Gasteiger partial charge in [-0.2, -0.15) is 0 Å². The second-order valence-electron chi connectivity index (χ2n) is 5.71. The summed E-state index contributed by atoms with van der Waals surface area (Å²) in [7, 11) is 0. The molecule has 2 atom stereocenters. The lowest BCUT2D eigenvalue weighted by atomic mass is 10.1. The number of nitrogens with two attached hydrogens (primary N) is 1. The highest BCUT2D eigenvalue weighted by molar-refractivity contribution is 7.21. The van der Waals surface area contributed by atoms with E-state index >= 15 is 0 Å². The maximum absolute atomic E-state index is 12.3. The predicted molar refractivity (Wildman–Crippen MR) is 82.9 cm³/mol. The number of hydrogen-bond donors (Lipinski definition) is 2. The van der Waals surface area contributed by atoms with Crippen LogP contribution in [-0.2, 0) is 0 Å². The van der Waals surface area contributed by atoms with Crippen molar-refractivity contribution in [1.82, 2.24) is 10.3 Å². The number of thiophene rings is 1. The van der Waals surface area contributed by atoms with Crippen LogP contribution in [0, 0.1) is 11.8 Å². The molecule has 4 nitrogen and oxygen atoms in total. The standard InChI is InChI=1S/C15H19N3OS/c1-9-2-3-10(6-9)7-18-15(19)14-13(16)11-4-5-17-8-12(11)20-14/h4-5,8-10H,2-3,6-7,16H2,1H3,(H,18,19). The van der Waals surface area contributed by atoms with Crippen molar-refractivity contribution in [2.24, 2.45) is 11.8 Å². The second-order valence-corrected chi connectivity index (χ2v) is 6.76. The molecule has 3 N–H and O–H groups in total. The van der Waals surface area contributed by atoms with Crippen LogP contribution in [-0.4, -0.2) is 17.4 Å². The van der Waals surface area contributed by atoms with Gasteiger partial charge in [0.25, 0.3) is 5.91 Å². The summed E-state index contributed by atoms with van der Waals surface area (Å²) >= 11 is 1.42. The largest absolute Gasteiger partial charge is 0.397 e. The summed E-state index contributed by atoms with van der Waals surface area (Å²) in [6.07, 6.45) is 7.16. The third-order valence-corrected chi connectivity index (χ3v) is 5.25. The molecule has 20 heavy (non-hydrogen) atoms. The van der Waals surface area contributed by atoms with E-state index in [2.05, 4.69) is 17.2 Å². The lowest BCUT2D eigenvalue weighted by Gasteiger charge is -2.10. The summed E-state index contributed by atoms with van der Waals surface area (Å²) in [6, 6.07) is 1.86. The average molecular weight is 289 g/mol. The number of nitrogens with one attached hydrogen (secondary N) is 1. The number of nitrogens with zero attached hydrogens (tertiary/aromatic N) is 1. The van der Waals surface area contributed by atoms with Gasteiger partial charge in [0.15, 0.2) is 0 Å². The molecule has 1 aliphatic carbocycles. The Labute approximate surface area is 122 Å². The molecule has 5 heteroatoms. The summed E-state index contributed by atoms with van der Waals surface area (Å²) in [5.74, 6) is 1.35. The molecule has 2 heterocycles. The van der Waals surface area contributed by atoms with Crippen LogP contribution in [0.2, 0.25) is 0 Å². The monoisotopic (exact) mass is 289 g/mol. The number of nitrogen functional groups attached to an aromatic ring is 1. The Morgan fingerprint density at radius 1 is 1.55 bits per heavy atom. The summed E-state index contributed by atoms with van der Waals surface area (Å²) < 4.78 is 0.963. The first-order valence-electron chi connectivity index (χ1n) is 7.05. The van der Waals surface area contributed by atoms with Gasteiger partial charge in [0.1, 0.15) is 4.88 Å². The smallest absolute Gasteiger partial charge is 0.263 e. The number of rotatable bonds is 3. The van der Waals surface area contributed by atoms with Crippen LogP contribution < -0.4 is 11.1 Å². The maximum Gasteiger partial charge on any atom is 0.263 e. The van der Waals surface area contributed by atoms with E-state index in [-0.39, 0.29) is 5.91 Å². The fraction of sp³-hybridized carbons (Fsp3) is 0.467. The Balaban J connectivity index is 1.71. The number of fused-ring (bicyclic) bond motifs is 1. The predicted octanol–water partition coefficient (Wildman–Crippen LogP) is 3.04. The third-order valence-electron chi connectivity index (χ3n) is 4.09. The molecule has 0 bridgehead atoms. The van der Waals surface area contributed by atoms with Gasteiger partial charge in [-0.05, 0) is 30.7 Å². The zero-order valence-corrected chi connectivity index (χ0v) is 12.4. The van der Waals surface area contributed by atoms with Crippen LogP contribution in [0.5, 0.6) is 0 Å². The van der Waals surface area contributed by atoms with Gasteiger partial charge < -0.3 is 11.1 Å². The summed E-state index contributed by atoms with van der Waals surface area (Å²) in [5, 5.41) is 3.96. The molecule has 2 unspecified atom stereocenters. The van der Waals surface area contributed by atoms with Crippen molar-refractivity contribution in [2.45, 2.75) is 26.2 Å². The number of amides is 1. The van der Waals surface area contributed by atoms with Gasteiger partial charge in [-0.1, -0.05) is 13.3 Å². The van der Waals surface area contributed by atoms with Crippen LogP contribution in [0.15, 0.2) is 18.5 Å². The van der Waals surface area contributed by atoms with Gasteiger partial charge >= 0.3 is 0 Å². The lowest BCUT2D eigenvalue weighted by Crippen LogP contribution is -2.28. The van der Waals surface area contributed by atoms with Crippen molar-refractivity contribution in [3.63, 3.8) is 0 Å². The van der Waals surface area contributed by atoms with Crippen LogP contribution >= 0.6 is 11.3 Å². The highest BCUT2D eigenvalue weighted by Crippen LogP contribution is 2.33. The lowest BCUT2D eigenvalue weighted by molar-refractivity contribution is 0.0952. The summed E-state index contributed by atoms with van der Waals surface area (Å²) in [5.41, 5.74) is 6.64. The van der Waals surface area contributed by atoms with Gasteiger partial charge in [-0.3, -0.25) is 9.78 Å². The molecule has 2 aromatic heterocycles. The Hall–Kier alpha value is -1.62. The number of pyridine rings is 1. The van der Waals surface area contributed by atoms with E-state index in [9.17, 15) is 4.79 Å². The molecule has 1 saturated carbocycles. The van der Waals surface area contributed by atoms with Crippen molar-refractivity contribution in [3.05, 3.63) is 23.3 Å². The van der Waals surface area contributed by atoms with Gasteiger partial charge in [0, 0.05) is 24.3 Å². The molecule has 0 spiro atoms. The van der Waals surface area contributed by atoms with E-state index in [0.717, 1.165) is 22.5 Å². The van der Waals surface area contributed by atoms with Gasteiger partial charge in [0.05, 0.1) is 10.4 Å². The van der Waals surface area contributed by atoms with Crippen LogP contribution in [0.25, 0.3) is 10.1 Å². The molecule has 1 aliphatic rings. The zero-order chi connectivity index (χ0) is 14.1. The van der Waals surface area contributed by atoms with Crippen molar-refractivity contribution < 1.29 is 4.79 Å². The first kappa shape index (κ1) is 13.4. The molecule has 0 aliphatic heterocycles. The third kappa shape index (κ3) is 2.50. The van der Waals surface area contributed by atoms with Crippen molar-refractivity contribution >= 4 is 33.0 Å². The van der Waals surface area contributed by atoms with E-state index in [0.29, 0.717) is 16.5 Å². The van der Waals surface area contributed by atoms with Crippen LogP contribution in [0.3, 0.4) is 0 Å². The molecule has 106 valence electrons. The molecule has 2 aromatic rings. The minimum absolute atomic E-state index is 0.0525. The summed E-state index contributed by atoms with van der Waals surface area (Å²) in [4.78, 5) is 16.9. The normalized spacial score (nSPS) is 22.2. The van der Waals surface area contributed by atoms with E-state index < -0.39 is 0 Å². The van der Waals surface area contributed by atoms with E-state index in [1.54, 1.807) is 12.4 Å². The molecular formula is C15H19N3OS. The van der Waals surface area contributed by atoms with E-state index in [1.807, 2.05) is 6.07 Å². The van der Waals surface area contributed by atoms with Crippen molar-refractivity contribution in [2.75, 3.05) is 12.3 Å². The molecule has 1 amide bonds. The van der Waals surface area contributed by atoms with E-state index in [4.69, 9.17) is 5.73 Å². The van der Waals surface area contributed by atoms with Gasteiger partial charge in [-0.25, -0.2) is 0 Å². The number of carbonyl (C=O) groups is 1. The molecule has 1 fully saturated rings. The Bertz CT molecular complexity index is 637. The fourth-order valence-electron chi connectivity index (χ4n) is 2.97. The number of carbonyl (C=O) groups excluding carboxylic acids is 1. The first-order chi connectivity index (χ1) is 9.65. The Morgan fingerprint density at radius 3 is 3.10 bits per heavy atom. The van der Waals surface area contributed by atoms with Gasteiger partial charge in [0.2, 0.25) is 0 Å². The molecule has 0 radical (unpaired) electrons. The van der Waals surface area contributed by atoms with Crippen LogP contribution in [0.4, 0.5) is 5.69 Å². The summed E-state index contributed by atoms with van der Waals surface area (Å²) in [6.45, 7) is 3.04. The number of aromatic nitrogens is 1. The molecular weight excluding hydrogens is 270 g/mol.